The Balaban J connectivity index is 1.92. The number of rotatable bonds is 6. The number of anilines is 1. The number of ether oxygens (including phenoxy) is 2. The summed E-state index contributed by atoms with van der Waals surface area (Å²) in [5.41, 5.74) is 1.61. The van der Waals surface area contributed by atoms with E-state index in [9.17, 15) is 8.42 Å². The number of aromatic nitrogens is 2. The van der Waals surface area contributed by atoms with E-state index in [1.807, 2.05) is 13.0 Å². The number of sulfonamides is 1. The van der Waals surface area contributed by atoms with Crippen LogP contribution in [0.1, 0.15) is 11.4 Å². The van der Waals surface area contributed by atoms with Crippen LogP contribution in [0.4, 0.5) is 5.82 Å². The average molecular weight is 388 g/mol. The number of hydrogen-bond acceptors (Lipinski definition) is 7. The minimum atomic E-state index is -3.70. The zero-order chi connectivity index (χ0) is 19.6. The van der Waals surface area contributed by atoms with Gasteiger partial charge in [-0.15, -0.1) is 0 Å². The lowest BCUT2D eigenvalue weighted by Crippen LogP contribution is -2.12. The second-order valence-corrected chi connectivity index (χ2v) is 7.45. The summed E-state index contributed by atoms with van der Waals surface area (Å²) >= 11 is 0. The summed E-state index contributed by atoms with van der Waals surface area (Å²) in [5.74, 6) is 2.43. The van der Waals surface area contributed by atoms with Gasteiger partial charge in [-0.2, -0.15) is 0 Å². The summed E-state index contributed by atoms with van der Waals surface area (Å²) in [4.78, 5) is 8.99. The Morgan fingerprint density at radius 2 is 1.67 bits per heavy atom. The van der Waals surface area contributed by atoms with Gasteiger partial charge in [-0.05, 0) is 30.7 Å². The van der Waals surface area contributed by atoms with Gasteiger partial charge in [0.2, 0.25) is 10.0 Å². The molecule has 0 aliphatic carbocycles. The van der Waals surface area contributed by atoms with Gasteiger partial charge < -0.3 is 14.8 Å². The van der Waals surface area contributed by atoms with Gasteiger partial charge in [0.25, 0.3) is 0 Å². The monoisotopic (exact) mass is 388 g/mol. The molecule has 0 amide bonds. The van der Waals surface area contributed by atoms with Crippen molar-refractivity contribution in [3.8, 4) is 11.5 Å². The Kier molecular flexibility index (Phi) is 5.15. The molecular weight excluding hydrogens is 368 g/mol. The fourth-order valence-electron chi connectivity index (χ4n) is 2.69. The van der Waals surface area contributed by atoms with Crippen LogP contribution < -0.4 is 19.9 Å². The van der Waals surface area contributed by atoms with Crippen LogP contribution in [-0.2, 0) is 16.6 Å². The van der Waals surface area contributed by atoms with E-state index in [2.05, 4.69) is 15.3 Å². The molecule has 0 unspecified atom stereocenters. The highest BCUT2D eigenvalue weighted by Gasteiger charge is 2.12. The number of nitrogens with two attached hydrogens (primary N) is 1. The first-order valence-electron chi connectivity index (χ1n) is 8.08. The van der Waals surface area contributed by atoms with Gasteiger partial charge in [-0.3, -0.25) is 0 Å². The van der Waals surface area contributed by atoms with Crippen molar-refractivity contribution in [2.75, 3.05) is 19.5 Å². The maximum Gasteiger partial charge on any atom is 0.238 e. The number of methoxy groups -OCH3 is 2. The summed E-state index contributed by atoms with van der Waals surface area (Å²) in [7, 11) is -0.562. The van der Waals surface area contributed by atoms with Crippen molar-refractivity contribution in [2.45, 2.75) is 18.4 Å². The zero-order valence-corrected chi connectivity index (χ0v) is 16.0. The standard InChI is InChI=1S/C18H20N4O4S/c1-11-21-15-9-17(26-3)16(25-2)8-14(15)18(22-11)20-10-12-4-6-13(7-5-12)27(19,23)24/h4-9H,10H2,1-3H3,(H2,19,23,24)(H,20,21,22). The first kappa shape index (κ1) is 18.9. The molecule has 27 heavy (non-hydrogen) atoms. The van der Waals surface area contributed by atoms with Crippen LogP contribution in [0.15, 0.2) is 41.3 Å². The van der Waals surface area contributed by atoms with E-state index in [4.69, 9.17) is 14.6 Å². The molecule has 3 N–H and O–H groups in total. The molecule has 1 aromatic heterocycles. The highest BCUT2D eigenvalue weighted by atomic mass is 32.2. The van der Waals surface area contributed by atoms with Crippen LogP contribution in [0, 0.1) is 6.92 Å². The summed E-state index contributed by atoms with van der Waals surface area (Å²) in [6, 6.07) is 9.97. The lowest BCUT2D eigenvalue weighted by molar-refractivity contribution is 0.356. The summed E-state index contributed by atoms with van der Waals surface area (Å²) in [6.45, 7) is 2.26. The van der Waals surface area contributed by atoms with Gasteiger partial charge in [0.05, 0.1) is 24.6 Å². The molecule has 142 valence electrons. The average Bonchev–Trinajstić information content (AvgIpc) is 2.64. The van der Waals surface area contributed by atoms with E-state index < -0.39 is 10.0 Å². The van der Waals surface area contributed by atoms with E-state index in [1.165, 1.54) is 12.1 Å². The van der Waals surface area contributed by atoms with Crippen LogP contribution in [0.5, 0.6) is 11.5 Å². The molecule has 0 saturated carbocycles. The van der Waals surface area contributed by atoms with Crippen molar-refractivity contribution >= 4 is 26.7 Å². The number of aryl methyl sites for hydroxylation is 1. The predicted octanol–water partition coefficient (Wildman–Crippen LogP) is 2.21. The van der Waals surface area contributed by atoms with Crippen molar-refractivity contribution in [1.82, 2.24) is 9.97 Å². The smallest absolute Gasteiger partial charge is 0.238 e. The minimum Gasteiger partial charge on any atom is -0.493 e. The van der Waals surface area contributed by atoms with Gasteiger partial charge in [0.1, 0.15) is 11.6 Å². The maximum absolute atomic E-state index is 11.3. The highest BCUT2D eigenvalue weighted by Crippen LogP contribution is 2.34. The molecule has 1 heterocycles. The predicted molar refractivity (Wildman–Crippen MR) is 103 cm³/mol. The fourth-order valence-corrected chi connectivity index (χ4v) is 3.20. The number of primary sulfonamides is 1. The number of nitrogens with zero attached hydrogens (tertiary/aromatic N) is 2. The van der Waals surface area contributed by atoms with E-state index >= 15 is 0 Å². The number of fused-ring (bicyclic) bond motifs is 1. The SMILES string of the molecule is COc1cc2nc(C)nc(NCc3ccc(S(N)(=O)=O)cc3)c2cc1OC. The normalized spacial score (nSPS) is 11.4. The molecule has 0 radical (unpaired) electrons. The van der Waals surface area contributed by atoms with Crippen molar-refractivity contribution in [2.24, 2.45) is 5.14 Å². The van der Waals surface area contributed by atoms with Crippen LogP contribution in [-0.4, -0.2) is 32.6 Å². The lowest BCUT2D eigenvalue weighted by Gasteiger charge is -2.13. The van der Waals surface area contributed by atoms with Gasteiger partial charge in [-0.25, -0.2) is 23.5 Å². The molecule has 0 fully saturated rings. The quantitative estimate of drug-likeness (QED) is 0.665. The molecule has 0 aliphatic rings. The van der Waals surface area contributed by atoms with E-state index in [0.29, 0.717) is 29.7 Å². The Morgan fingerprint density at radius 1 is 1.04 bits per heavy atom. The fraction of sp³-hybridized carbons (Fsp3) is 0.222. The largest absolute Gasteiger partial charge is 0.493 e. The Morgan fingerprint density at radius 3 is 2.26 bits per heavy atom. The van der Waals surface area contributed by atoms with Gasteiger partial charge in [-0.1, -0.05) is 12.1 Å². The van der Waals surface area contributed by atoms with Gasteiger partial charge in [0.15, 0.2) is 11.5 Å². The summed E-state index contributed by atoms with van der Waals surface area (Å²) < 4.78 is 33.4. The Bertz CT molecular complexity index is 1080. The molecule has 0 atom stereocenters. The molecule has 2 aromatic carbocycles. The van der Waals surface area contributed by atoms with Crippen molar-refractivity contribution in [3.63, 3.8) is 0 Å². The summed E-state index contributed by atoms with van der Waals surface area (Å²) in [5, 5.41) is 9.17. The van der Waals surface area contributed by atoms with Gasteiger partial charge >= 0.3 is 0 Å². The third-order valence-electron chi connectivity index (χ3n) is 4.02. The zero-order valence-electron chi connectivity index (χ0n) is 15.2. The third kappa shape index (κ3) is 4.09. The van der Waals surface area contributed by atoms with E-state index in [1.54, 1.807) is 32.4 Å². The van der Waals surface area contributed by atoms with E-state index in [0.717, 1.165) is 16.5 Å². The Labute approximate surface area is 157 Å². The molecule has 3 rings (SSSR count). The minimum absolute atomic E-state index is 0.0754. The number of hydrogen-bond donors (Lipinski definition) is 2. The molecule has 0 bridgehead atoms. The first-order chi connectivity index (χ1) is 12.8. The van der Waals surface area contributed by atoms with Crippen molar-refractivity contribution < 1.29 is 17.9 Å². The van der Waals surface area contributed by atoms with Crippen molar-refractivity contribution in [1.29, 1.82) is 0 Å². The van der Waals surface area contributed by atoms with Gasteiger partial charge in [0, 0.05) is 18.0 Å². The number of nitrogens with one attached hydrogen (secondary N) is 1. The summed E-state index contributed by atoms with van der Waals surface area (Å²) in [6.07, 6.45) is 0. The van der Waals surface area contributed by atoms with Crippen LogP contribution in [0.25, 0.3) is 10.9 Å². The molecule has 9 heteroatoms. The molecule has 0 saturated heterocycles. The maximum atomic E-state index is 11.3. The third-order valence-corrected chi connectivity index (χ3v) is 4.95. The second-order valence-electron chi connectivity index (χ2n) is 5.89. The Hall–Kier alpha value is -2.91. The molecular formula is C18H20N4O4S. The molecule has 0 spiro atoms. The topological polar surface area (TPSA) is 116 Å². The lowest BCUT2D eigenvalue weighted by atomic mass is 10.2. The van der Waals surface area contributed by atoms with E-state index in [-0.39, 0.29) is 4.90 Å². The highest BCUT2D eigenvalue weighted by molar-refractivity contribution is 7.89. The molecule has 0 aliphatic heterocycles. The van der Waals surface area contributed by atoms with Crippen LogP contribution in [0.2, 0.25) is 0 Å². The first-order valence-corrected chi connectivity index (χ1v) is 9.62. The van der Waals surface area contributed by atoms with Crippen molar-refractivity contribution in [3.05, 3.63) is 47.8 Å². The number of benzene rings is 2. The second kappa shape index (κ2) is 7.37. The molecule has 3 aromatic rings. The molecule has 8 nitrogen and oxygen atoms in total. The van der Waals surface area contributed by atoms with Crippen LogP contribution in [0.3, 0.4) is 0 Å². The van der Waals surface area contributed by atoms with Crippen LogP contribution >= 0.6 is 0 Å².